The minimum absolute atomic E-state index is 0.101. The highest BCUT2D eigenvalue weighted by Crippen LogP contribution is 2.36. The second-order valence-electron chi connectivity index (χ2n) is 7.95. The van der Waals surface area contributed by atoms with Crippen molar-refractivity contribution in [2.45, 2.75) is 24.8 Å². The van der Waals surface area contributed by atoms with Gasteiger partial charge in [-0.2, -0.15) is 13.2 Å². The number of likely N-dealkylation sites (tertiary alicyclic amines) is 1. The van der Waals surface area contributed by atoms with Gasteiger partial charge in [-0.15, -0.1) is 0 Å². The fourth-order valence-corrected chi connectivity index (χ4v) is 4.10. The molecule has 0 bridgehead atoms. The van der Waals surface area contributed by atoms with Crippen molar-refractivity contribution in [2.75, 3.05) is 19.6 Å². The summed E-state index contributed by atoms with van der Waals surface area (Å²) in [5.74, 6) is 0.631. The van der Waals surface area contributed by atoms with Crippen LogP contribution in [0.1, 0.15) is 23.6 Å². The smallest absolute Gasteiger partial charge is 0.368 e. The Bertz CT molecular complexity index is 1040. The second kappa shape index (κ2) is 7.94. The minimum Gasteiger partial charge on any atom is -0.368 e. The van der Waals surface area contributed by atoms with E-state index < -0.39 is 17.8 Å². The standard InChI is InChI=1S/C22H23F3N6O/c23-22(24,25)16-5-2-1-4-15(16)17-6-7-19-27-13-18(31(19)29-17)21(32)28-14-8-9-26-20(12-14)30-10-3-11-30/h1-2,4-8,12-13,17,19,26-27,29H,3,9-11H2,(H,28,32). The number of alkyl halides is 3. The lowest BCUT2D eigenvalue weighted by atomic mass is 9.99. The molecule has 4 heterocycles. The van der Waals surface area contributed by atoms with Crippen LogP contribution in [-0.4, -0.2) is 41.6 Å². The number of allylic oxidation sites excluding steroid dienone is 1. The molecule has 168 valence electrons. The van der Waals surface area contributed by atoms with E-state index in [1.54, 1.807) is 29.4 Å². The van der Waals surface area contributed by atoms with E-state index in [0.717, 1.165) is 31.4 Å². The third kappa shape index (κ3) is 3.81. The number of fused-ring (bicyclic) bond motifs is 1. The number of rotatable bonds is 4. The molecule has 5 rings (SSSR count). The van der Waals surface area contributed by atoms with Gasteiger partial charge in [0.2, 0.25) is 0 Å². The van der Waals surface area contributed by atoms with Crippen LogP contribution in [0.4, 0.5) is 13.2 Å². The van der Waals surface area contributed by atoms with Crippen molar-refractivity contribution < 1.29 is 18.0 Å². The van der Waals surface area contributed by atoms with Crippen LogP contribution in [0.2, 0.25) is 0 Å². The van der Waals surface area contributed by atoms with Crippen molar-refractivity contribution in [3.05, 3.63) is 83.1 Å². The van der Waals surface area contributed by atoms with Crippen LogP contribution in [0.5, 0.6) is 0 Å². The van der Waals surface area contributed by atoms with Crippen LogP contribution < -0.4 is 21.4 Å². The summed E-state index contributed by atoms with van der Waals surface area (Å²) >= 11 is 0. The number of hydrogen-bond acceptors (Lipinski definition) is 6. The first kappa shape index (κ1) is 20.5. The van der Waals surface area contributed by atoms with E-state index in [0.29, 0.717) is 17.9 Å². The number of nitrogens with one attached hydrogen (secondary N) is 4. The zero-order chi connectivity index (χ0) is 22.3. The van der Waals surface area contributed by atoms with E-state index in [1.165, 1.54) is 12.1 Å². The van der Waals surface area contributed by atoms with E-state index in [9.17, 15) is 18.0 Å². The Morgan fingerprint density at radius 2 is 1.97 bits per heavy atom. The lowest BCUT2D eigenvalue weighted by Gasteiger charge is -2.37. The Labute approximate surface area is 183 Å². The molecule has 4 aliphatic heterocycles. The van der Waals surface area contributed by atoms with Gasteiger partial charge in [-0.05, 0) is 30.2 Å². The first-order valence-corrected chi connectivity index (χ1v) is 10.5. The normalized spacial score (nSPS) is 24.4. The average molecular weight is 444 g/mol. The molecule has 10 heteroatoms. The summed E-state index contributed by atoms with van der Waals surface area (Å²) < 4.78 is 40.4. The molecule has 0 radical (unpaired) electrons. The van der Waals surface area contributed by atoms with Gasteiger partial charge in [0.15, 0.2) is 0 Å². The lowest BCUT2D eigenvalue weighted by Crippen LogP contribution is -2.51. The highest BCUT2D eigenvalue weighted by molar-refractivity contribution is 5.94. The summed E-state index contributed by atoms with van der Waals surface area (Å²) in [5, 5.41) is 10.8. The van der Waals surface area contributed by atoms with Crippen LogP contribution in [0, 0.1) is 0 Å². The fourth-order valence-electron chi connectivity index (χ4n) is 4.10. The van der Waals surface area contributed by atoms with Crippen LogP contribution in [0.3, 0.4) is 0 Å². The molecule has 0 aliphatic carbocycles. The van der Waals surface area contributed by atoms with Crippen molar-refractivity contribution in [3.8, 4) is 0 Å². The second-order valence-corrected chi connectivity index (χ2v) is 7.95. The van der Waals surface area contributed by atoms with Gasteiger partial charge < -0.3 is 20.9 Å². The molecule has 7 nitrogen and oxygen atoms in total. The van der Waals surface area contributed by atoms with Gasteiger partial charge in [0.25, 0.3) is 5.91 Å². The summed E-state index contributed by atoms with van der Waals surface area (Å²) in [6.45, 7) is 2.59. The quantitative estimate of drug-likeness (QED) is 0.533. The number of amides is 1. The molecule has 0 aromatic heterocycles. The molecule has 4 N–H and O–H groups in total. The summed E-state index contributed by atoms with van der Waals surface area (Å²) in [6.07, 6.45) is 5.08. The minimum atomic E-state index is -4.47. The predicted octanol–water partition coefficient (Wildman–Crippen LogP) is 2.04. The van der Waals surface area contributed by atoms with E-state index in [1.807, 2.05) is 12.2 Å². The number of hydrazine groups is 1. The first-order chi connectivity index (χ1) is 15.4. The van der Waals surface area contributed by atoms with Gasteiger partial charge in [-0.25, -0.2) is 5.43 Å². The van der Waals surface area contributed by atoms with Crippen molar-refractivity contribution in [2.24, 2.45) is 0 Å². The monoisotopic (exact) mass is 444 g/mol. The van der Waals surface area contributed by atoms with Gasteiger partial charge >= 0.3 is 6.18 Å². The number of halogens is 3. The zero-order valence-electron chi connectivity index (χ0n) is 17.1. The molecule has 2 unspecified atom stereocenters. The van der Waals surface area contributed by atoms with Gasteiger partial charge in [0, 0.05) is 37.6 Å². The maximum Gasteiger partial charge on any atom is 0.416 e. The Morgan fingerprint density at radius 1 is 1.16 bits per heavy atom. The van der Waals surface area contributed by atoms with Crippen molar-refractivity contribution in [1.29, 1.82) is 0 Å². The average Bonchev–Trinajstić information content (AvgIpc) is 3.15. The maximum atomic E-state index is 13.5. The molecule has 1 aromatic rings. The third-order valence-corrected chi connectivity index (χ3v) is 5.88. The SMILES string of the molecule is O=C(NC1=CCNC(N2CCC2)=C1)C1=CNC2C=CC(c3ccccc3C(F)(F)F)NN12. The summed E-state index contributed by atoms with van der Waals surface area (Å²) in [7, 11) is 0. The van der Waals surface area contributed by atoms with E-state index in [4.69, 9.17) is 0 Å². The summed E-state index contributed by atoms with van der Waals surface area (Å²) in [6, 6.07) is 4.72. The van der Waals surface area contributed by atoms with Gasteiger partial charge in [-0.1, -0.05) is 24.3 Å². The summed E-state index contributed by atoms with van der Waals surface area (Å²) in [5.41, 5.74) is 3.44. The number of benzene rings is 1. The van der Waals surface area contributed by atoms with Gasteiger partial charge in [-0.3, -0.25) is 9.80 Å². The third-order valence-electron chi connectivity index (χ3n) is 5.88. The van der Waals surface area contributed by atoms with Crippen LogP contribution in [0.25, 0.3) is 0 Å². The number of hydrogen-bond donors (Lipinski definition) is 4. The highest BCUT2D eigenvalue weighted by atomic mass is 19.4. The molecule has 2 atom stereocenters. The fraction of sp³-hybridized carbons (Fsp3) is 0.318. The maximum absolute atomic E-state index is 13.5. The van der Waals surface area contributed by atoms with Crippen molar-refractivity contribution in [1.82, 2.24) is 31.3 Å². The summed E-state index contributed by atoms with van der Waals surface area (Å²) in [4.78, 5) is 15.2. The van der Waals surface area contributed by atoms with Crippen LogP contribution in [0.15, 0.2) is 72.0 Å². The number of carbonyl (C=O) groups is 1. The predicted molar refractivity (Wildman–Crippen MR) is 112 cm³/mol. The van der Waals surface area contributed by atoms with E-state index in [2.05, 4.69) is 26.3 Å². The van der Waals surface area contributed by atoms with Crippen molar-refractivity contribution in [3.63, 3.8) is 0 Å². The highest BCUT2D eigenvalue weighted by Gasteiger charge is 2.38. The molecule has 0 saturated carbocycles. The first-order valence-electron chi connectivity index (χ1n) is 10.5. The molecule has 1 aromatic carbocycles. The van der Waals surface area contributed by atoms with Gasteiger partial charge in [0.1, 0.15) is 17.7 Å². The van der Waals surface area contributed by atoms with Crippen LogP contribution in [-0.2, 0) is 11.0 Å². The largest absolute Gasteiger partial charge is 0.416 e. The molecule has 4 aliphatic rings. The number of carbonyl (C=O) groups excluding carboxylic acids is 1. The molecule has 32 heavy (non-hydrogen) atoms. The number of nitrogens with zero attached hydrogens (tertiary/aromatic N) is 2. The van der Waals surface area contributed by atoms with E-state index >= 15 is 0 Å². The van der Waals surface area contributed by atoms with Crippen molar-refractivity contribution >= 4 is 5.91 Å². The number of dihydropyridines is 1. The Balaban J connectivity index is 1.31. The molecule has 1 amide bonds. The zero-order valence-corrected chi connectivity index (χ0v) is 17.1. The van der Waals surface area contributed by atoms with E-state index in [-0.39, 0.29) is 17.6 Å². The van der Waals surface area contributed by atoms with Crippen LogP contribution >= 0.6 is 0 Å². The molecular weight excluding hydrogens is 421 g/mol. The Kier molecular flexibility index (Phi) is 5.09. The molecule has 1 fully saturated rings. The Morgan fingerprint density at radius 3 is 2.72 bits per heavy atom. The Hall–Kier alpha value is -3.40. The van der Waals surface area contributed by atoms with Gasteiger partial charge in [0.05, 0.1) is 11.6 Å². The molecule has 0 spiro atoms. The molecular formula is C22H23F3N6O. The lowest BCUT2D eigenvalue weighted by molar-refractivity contribution is -0.138. The molecule has 1 saturated heterocycles. The topological polar surface area (TPSA) is 71.7 Å².